The van der Waals surface area contributed by atoms with Crippen molar-refractivity contribution in [1.29, 1.82) is 0 Å². The van der Waals surface area contributed by atoms with Gasteiger partial charge in [0, 0.05) is 67.4 Å². The van der Waals surface area contributed by atoms with Gasteiger partial charge in [-0.3, -0.25) is 14.5 Å². The van der Waals surface area contributed by atoms with Crippen molar-refractivity contribution in [3.8, 4) is 0 Å². The molecule has 296 valence electrons. The summed E-state index contributed by atoms with van der Waals surface area (Å²) in [6, 6.07) is 0.182. The van der Waals surface area contributed by atoms with E-state index in [0.717, 1.165) is 32.1 Å². The number of ether oxygens (including phenoxy) is 2. The maximum atomic E-state index is 13.3. The van der Waals surface area contributed by atoms with Crippen LogP contribution in [-0.4, -0.2) is 124 Å². The molecule has 13 nitrogen and oxygen atoms in total. The fraction of sp³-hybridized carbons (Fsp3) is 0.872. The summed E-state index contributed by atoms with van der Waals surface area (Å²) in [6.07, 6.45) is 4.72. The molecule has 13 heteroatoms. The van der Waals surface area contributed by atoms with Crippen LogP contribution >= 0.6 is 0 Å². The molecule has 0 bridgehead atoms. The van der Waals surface area contributed by atoms with E-state index in [2.05, 4.69) is 117 Å². The van der Waals surface area contributed by atoms with Crippen LogP contribution in [-0.2, 0) is 23.9 Å². The Hall–Kier alpha value is -2.61. The molecule has 0 spiro atoms. The number of rotatable bonds is 11. The lowest BCUT2D eigenvalue weighted by Crippen LogP contribution is -2.72. The molecule has 0 radical (unpaired) electrons. The minimum atomic E-state index is -0.817. The molecule has 3 saturated heterocycles. The van der Waals surface area contributed by atoms with Gasteiger partial charge in [-0.1, -0.05) is 20.8 Å². The van der Waals surface area contributed by atoms with Gasteiger partial charge in [0.25, 0.3) is 0 Å². The number of hydrogen-bond donors (Lipinski definition) is 1. The first-order valence-electron chi connectivity index (χ1n) is 18.9. The van der Waals surface area contributed by atoms with Gasteiger partial charge in [0.2, 0.25) is 17.8 Å². The first-order valence-corrected chi connectivity index (χ1v) is 18.9. The van der Waals surface area contributed by atoms with E-state index in [9.17, 15) is 9.59 Å². The third-order valence-electron chi connectivity index (χ3n) is 11.7. The van der Waals surface area contributed by atoms with Crippen molar-refractivity contribution in [3.05, 3.63) is 0 Å². The van der Waals surface area contributed by atoms with Crippen LogP contribution in [0.25, 0.3) is 0 Å². The van der Waals surface area contributed by atoms with Crippen molar-refractivity contribution in [1.82, 2.24) is 24.9 Å². The number of hydrogen-bond acceptors (Lipinski definition) is 13. The lowest BCUT2D eigenvalue weighted by molar-refractivity contribution is -0.281. The van der Waals surface area contributed by atoms with E-state index >= 15 is 0 Å². The zero-order valence-electron chi connectivity index (χ0n) is 35.5. The van der Waals surface area contributed by atoms with Crippen LogP contribution in [0.1, 0.15) is 129 Å². The number of Topliss-reactive ketones (excluding diaryl/α,β-unsaturated/α-hetero) is 1. The number of hydroxylamine groups is 2. The predicted octanol–water partition coefficient (Wildman–Crippen LogP) is 5.88. The Balaban J connectivity index is 1.71. The van der Waals surface area contributed by atoms with Crippen LogP contribution in [0.3, 0.4) is 0 Å². The Morgan fingerprint density at radius 3 is 1.81 bits per heavy atom. The second-order valence-corrected chi connectivity index (χ2v) is 20.1. The zero-order chi connectivity index (χ0) is 39.5. The second-order valence-electron chi connectivity index (χ2n) is 20.1. The number of methoxy groups -OCH3 is 2. The summed E-state index contributed by atoms with van der Waals surface area (Å²) in [5.74, 6) is 1.49. The number of nitrogens with zero attached hydrogens (tertiary/aromatic N) is 7. The third kappa shape index (κ3) is 9.01. The first kappa shape index (κ1) is 42.1. The van der Waals surface area contributed by atoms with E-state index in [-0.39, 0.29) is 46.5 Å². The number of aromatic nitrogens is 3. The van der Waals surface area contributed by atoms with Crippen LogP contribution < -0.4 is 15.1 Å². The number of piperidine rings is 3. The van der Waals surface area contributed by atoms with Crippen molar-refractivity contribution in [2.24, 2.45) is 5.41 Å². The van der Waals surface area contributed by atoms with Gasteiger partial charge >= 0.3 is 5.97 Å². The van der Waals surface area contributed by atoms with E-state index in [1.165, 1.54) is 7.11 Å². The molecule has 3 atom stereocenters. The van der Waals surface area contributed by atoms with Crippen LogP contribution in [0.2, 0.25) is 0 Å². The van der Waals surface area contributed by atoms with Crippen molar-refractivity contribution < 1.29 is 23.9 Å². The Morgan fingerprint density at radius 1 is 0.827 bits per heavy atom. The number of nitrogens with one attached hydrogen (secondary N) is 1. The molecule has 4 rings (SSSR count). The molecular weight excluding hydrogens is 660 g/mol. The summed E-state index contributed by atoms with van der Waals surface area (Å²) in [7, 11) is 7.18. The van der Waals surface area contributed by atoms with Crippen LogP contribution in [0.4, 0.5) is 17.8 Å². The van der Waals surface area contributed by atoms with Crippen LogP contribution in [0.15, 0.2) is 0 Å². The maximum absolute atomic E-state index is 13.3. The lowest BCUT2D eigenvalue weighted by Gasteiger charge is -2.61. The number of fused-ring (bicyclic) bond motifs is 1. The van der Waals surface area contributed by atoms with Gasteiger partial charge in [0.15, 0.2) is 12.4 Å². The lowest BCUT2D eigenvalue weighted by atomic mass is 9.67. The topological polar surface area (TPSA) is 125 Å². The highest BCUT2D eigenvalue weighted by Gasteiger charge is 2.57. The molecule has 1 aromatic rings. The molecule has 3 aliphatic rings. The highest BCUT2D eigenvalue weighted by atomic mass is 16.7. The number of carbonyl (C=O) groups is 2. The first-order chi connectivity index (χ1) is 23.6. The second kappa shape index (κ2) is 14.2. The van der Waals surface area contributed by atoms with Crippen molar-refractivity contribution in [2.45, 2.75) is 174 Å². The highest BCUT2D eigenvalue weighted by Crippen LogP contribution is 2.48. The molecular formula is C39H70N8O5. The van der Waals surface area contributed by atoms with E-state index in [1.54, 1.807) is 7.11 Å². The molecule has 0 aliphatic carbocycles. The molecule has 0 aromatic carbocycles. The van der Waals surface area contributed by atoms with E-state index in [0.29, 0.717) is 30.8 Å². The molecule has 0 amide bonds. The molecule has 1 N–H and O–H groups in total. The normalized spacial score (nSPS) is 28.2. The van der Waals surface area contributed by atoms with Gasteiger partial charge in [-0.2, -0.15) is 20.0 Å². The van der Waals surface area contributed by atoms with Gasteiger partial charge in [0.05, 0.1) is 13.7 Å². The van der Waals surface area contributed by atoms with Crippen molar-refractivity contribution >= 4 is 29.6 Å². The Bertz CT molecular complexity index is 1460. The molecule has 1 aromatic heterocycles. The average molecular weight is 731 g/mol. The van der Waals surface area contributed by atoms with Gasteiger partial charge in [0.1, 0.15) is 5.60 Å². The Labute approximate surface area is 313 Å². The quantitative estimate of drug-likeness (QED) is 0.273. The zero-order valence-corrected chi connectivity index (χ0v) is 35.5. The molecule has 3 unspecified atom stereocenters. The van der Waals surface area contributed by atoms with Gasteiger partial charge in [-0.05, 0) is 107 Å². The van der Waals surface area contributed by atoms with Crippen LogP contribution in [0, 0.1) is 5.41 Å². The average Bonchev–Trinajstić information content (AvgIpc) is 2.98. The monoisotopic (exact) mass is 731 g/mol. The summed E-state index contributed by atoms with van der Waals surface area (Å²) in [6.45, 7) is 28.6. The summed E-state index contributed by atoms with van der Waals surface area (Å²) < 4.78 is 10.7. The van der Waals surface area contributed by atoms with E-state index < -0.39 is 22.6 Å². The van der Waals surface area contributed by atoms with Crippen LogP contribution in [0.5, 0.6) is 0 Å². The fourth-order valence-corrected chi connectivity index (χ4v) is 10.0. The third-order valence-corrected chi connectivity index (χ3v) is 11.7. The maximum Gasteiger partial charge on any atom is 0.333 e. The van der Waals surface area contributed by atoms with Gasteiger partial charge < -0.3 is 24.6 Å². The molecule has 0 saturated carbocycles. The molecule has 3 fully saturated rings. The number of esters is 1. The Morgan fingerprint density at radius 2 is 1.33 bits per heavy atom. The fourth-order valence-electron chi connectivity index (χ4n) is 10.0. The number of ketones is 1. The molecule has 4 heterocycles. The van der Waals surface area contributed by atoms with Crippen molar-refractivity contribution in [2.75, 3.05) is 56.6 Å². The van der Waals surface area contributed by atoms with E-state index in [1.807, 2.05) is 12.0 Å². The molecule has 3 aliphatic heterocycles. The summed E-state index contributed by atoms with van der Waals surface area (Å²) in [4.78, 5) is 53.5. The summed E-state index contributed by atoms with van der Waals surface area (Å²) in [5, 5.41) is 5.64. The summed E-state index contributed by atoms with van der Waals surface area (Å²) in [5.41, 5.74) is -2.30. The SMILES string of the molecule is COC(=O)CON1C(C)(C)CC(N(C)c2nc(NC(C)(C)CC(C)(C)C)nc(N(C)C3CC(C)(C)N4CC(=O)C(C)(OC)CC4(C)C3)n2)CC1(C)C. The Kier molecular flexibility index (Phi) is 11.5. The largest absolute Gasteiger partial charge is 0.467 e. The van der Waals surface area contributed by atoms with Gasteiger partial charge in [-0.25, -0.2) is 4.79 Å². The summed E-state index contributed by atoms with van der Waals surface area (Å²) >= 11 is 0. The van der Waals surface area contributed by atoms with E-state index in [4.69, 9.17) is 29.3 Å². The van der Waals surface area contributed by atoms with Gasteiger partial charge in [-0.15, -0.1) is 0 Å². The standard InChI is InChI=1S/C39H70N8O5/c1-33(2,3)24-34(4,5)43-30-40-31(44(14)26-19-36(8,9)47(37(10,11)20-26)52-23-29(49)50-16)42-32(41-30)45(15)27-18-35(6,7)46-22-28(48)39(13,51-17)25-38(46,12)21-27/h26-27H,18-25H2,1-17H3,(H,40,41,42,43). The minimum absolute atomic E-state index is 0.0755. The minimum Gasteiger partial charge on any atom is -0.467 e. The number of anilines is 3. The molecule has 52 heavy (non-hydrogen) atoms. The van der Waals surface area contributed by atoms with Crippen molar-refractivity contribution in [3.63, 3.8) is 0 Å². The highest BCUT2D eigenvalue weighted by molar-refractivity contribution is 5.90. The predicted molar refractivity (Wildman–Crippen MR) is 207 cm³/mol. The number of carbonyl (C=O) groups excluding carboxylic acids is 2. The smallest absolute Gasteiger partial charge is 0.333 e.